The molecule has 2 bridgehead atoms. The minimum Gasteiger partial charge on any atom is -0.384 e. The van der Waals surface area contributed by atoms with Gasteiger partial charge < -0.3 is 19.5 Å². The van der Waals surface area contributed by atoms with Gasteiger partial charge in [0.2, 0.25) is 0 Å². The molecule has 3 aliphatic rings. The van der Waals surface area contributed by atoms with E-state index in [2.05, 4.69) is 61.3 Å². The van der Waals surface area contributed by atoms with Crippen LogP contribution in [-0.4, -0.2) is 67.5 Å². The zero-order chi connectivity index (χ0) is 31.1. The van der Waals surface area contributed by atoms with Gasteiger partial charge in [0.05, 0.1) is 11.9 Å². The molecule has 3 fully saturated rings. The van der Waals surface area contributed by atoms with Crippen LogP contribution in [0.2, 0.25) is 51.4 Å². The standard InChI is InChI=1S/C34H53N5O3Si2/c1-43(2,3)15-13-41-23-38(24-42-14-16-44(4,5)6)32-20-30(28-18-25-7-8-26(17-25)19-28)37-33-29(22-36-39(32)33)27-9-10-31(35-21-27)34(40)11-12-34/h9-10,20-22,25-26,28,40H,7-8,11-19,23-24H2,1-6H3/t25-,26+,28+. The van der Waals surface area contributed by atoms with Crippen molar-refractivity contribution in [3.63, 3.8) is 0 Å². The van der Waals surface area contributed by atoms with Crippen LogP contribution in [0.1, 0.15) is 62.3 Å². The summed E-state index contributed by atoms with van der Waals surface area (Å²) < 4.78 is 14.7. The number of rotatable bonds is 14. The van der Waals surface area contributed by atoms with E-state index in [9.17, 15) is 5.11 Å². The maximum atomic E-state index is 10.6. The molecule has 0 aliphatic heterocycles. The molecule has 3 heterocycles. The quantitative estimate of drug-likeness (QED) is 0.112. The average Bonchev–Trinajstić information content (AvgIpc) is 3.43. The Kier molecular flexibility index (Phi) is 9.11. The number of nitrogens with zero attached hydrogens (tertiary/aromatic N) is 5. The molecule has 3 aromatic rings. The van der Waals surface area contributed by atoms with Crippen LogP contribution in [0.5, 0.6) is 0 Å². The van der Waals surface area contributed by atoms with E-state index in [1.54, 1.807) is 0 Å². The second-order valence-electron chi connectivity index (χ2n) is 16.2. The predicted octanol–water partition coefficient (Wildman–Crippen LogP) is 7.50. The molecule has 0 spiro atoms. The number of anilines is 1. The van der Waals surface area contributed by atoms with E-state index in [1.807, 2.05) is 23.0 Å². The first kappa shape index (κ1) is 31.8. The van der Waals surface area contributed by atoms with Crippen molar-refractivity contribution < 1.29 is 14.6 Å². The first-order valence-electron chi connectivity index (χ1n) is 16.9. The lowest BCUT2D eigenvalue weighted by atomic mass is 9.79. The van der Waals surface area contributed by atoms with E-state index in [0.717, 1.165) is 84.0 Å². The molecule has 0 amide bonds. The fraction of sp³-hybridized carbons (Fsp3) is 0.676. The highest BCUT2D eigenvalue weighted by Gasteiger charge is 2.43. The minimum atomic E-state index is -1.21. The monoisotopic (exact) mass is 635 g/mol. The summed E-state index contributed by atoms with van der Waals surface area (Å²) in [6, 6.07) is 8.54. The van der Waals surface area contributed by atoms with Gasteiger partial charge in [-0.25, -0.2) is 4.98 Å². The van der Waals surface area contributed by atoms with Gasteiger partial charge in [0, 0.05) is 64.4 Å². The number of hydrogen-bond acceptors (Lipinski definition) is 7. The maximum Gasteiger partial charge on any atom is 0.165 e. The van der Waals surface area contributed by atoms with Crippen molar-refractivity contribution in [2.75, 3.05) is 31.6 Å². The molecule has 44 heavy (non-hydrogen) atoms. The van der Waals surface area contributed by atoms with Gasteiger partial charge in [-0.15, -0.1) is 0 Å². The highest BCUT2D eigenvalue weighted by atomic mass is 28.3. The van der Waals surface area contributed by atoms with Crippen molar-refractivity contribution in [1.29, 1.82) is 0 Å². The van der Waals surface area contributed by atoms with Gasteiger partial charge >= 0.3 is 0 Å². The molecule has 0 saturated heterocycles. The molecule has 3 atom stereocenters. The highest BCUT2D eigenvalue weighted by molar-refractivity contribution is 6.76. The zero-order valence-corrected chi connectivity index (χ0v) is 29.8. The van der Waals surface area contributed by atoms with Crippen LogP contribution in [0.3, 0.4) is 0 Å². The molecular weight excluding hydrogens is 583 g/mol. The molecule has 8 nitrogen and oxygen atoms in total. The van der Waals surface area contributed by atoms with Gasteiger partial charge in [-0.1, -0.05) is 58.2 Å². The lowest BCUT2D eigenvalue weighted by molar-refractivity contribution is 0.0942. The summed E-state index contributed by atoms with van der Waals surface area (Å²) in [5.74, 6) is 3.08. The molecular formula is C34H53N5O3Si2. The summed E-state index contributed by atoms with van der Waals surface area (Å²) in [4.78, 5) is 12.2. The van der Waals surface area contributed by atoms with Crippen molar-refractivity contribution in [3.8, 4) is 11.1 Å². The summed E-state index contributed by atoms with van der Waals surface area (Å²) in [7, 11) is -2.42. The zero-order valence-electron chi connectivity index (χ0n) is 27.8. The van der Waals surface area contributed by atoms with Gasteiger partial charge in [-0.3, -0.25) is 4.98 Å². The van der Waals surface area contributed by atoms with Crippen molar-refractivity contribution in [1.82, 2.24) is 19.6 Å². The van der Waals surface area contributed by atoms with E-state index in [0.29, 0.717) is 19.4 Å². The number of aliphatic hydroxyl groups is 1. The van der Waals surface area contributed by atoms with Crippen molar-refractivity contribution in [2.45, 2.75) is 108 Å². The third-order valence-electron chi connectivity index (χ3n) is 9.86. The summed E-state index contributed by atoms with van der Waals surface area (Å²) >= 11 is 0. The summed E-state index contributed by atoms with van der Waals surface area (Å²) in [5.41, 5.74) is 3.96. The summed E-state index contributed by atoms with van der Waals surface area (Å²) in [6.45, 7) is 16.8. The van der Waals surface area contributed by atoms with E-state index in [-0.39, 0.29) is 0 Å². The Balaban J connectivity index is 1.35. The summed E-state index contributed by atoms with van der Waals surface area (Å²) in [5, 5.41) is 15.5. The Labute approximate surface area is 265 Å². The first-order valence-corrected chi connectivity index (χ1v) is 24.3. The van der Waals surface area contributed by atoms with Crippen molar-refractivity contribution in [2.24, 2.45) is 11.8 Å². The third-order valence-corrected chi connectivity index (χ3v) is 13.3. The predicted molar refractivity (Wildman–Crippen MR) is 183 cm³/mol. The number of fused-ring (bicyclic) bond motifs is 3. The van der Waals surface area contributed by atoms with Gasteiger partial charge in [-0.05, 0) is 62.1 Å². The largest absolute Gasteiger partial charge is 0.384 e. The van der Waals surface area contributed by atoms with E-state index in [4.69, 9.17) is 19.6 Å². The number of pyridine rings is 1. The fourth-order valence-electron chi connectivity index (χ4n) is 6.83. The summed E-state index contributed by atoms with van der Waals surface area (Å²) in [6.07, 6.45) is 11.9. The topological polar surface area (TPSA) is 85.0 Å². The normalized spacial score (nSPS) is 22.9. The average molecular weight is 636 g/mol. The molecule has 0 radical (unpaired) electrons. The fourth-order valence-corrected chi connectivity index (χ4v) is 8.34. The SMILES string of the molecule is C[Si](C)(C)CCOCN(COCC[Si](C)(C)C)c1cc([C@H]2C[C@@H]3CC[C@@H](C3)C2)nc2c(-c3ccc(C4(O)CC4)nc3)cnn12. The van der Waals surface area contributed by atoms with Crippen LogP contribution in [0.15, 0.2) is 30.6 Å². The maximum absolute atomic E-state index is 10.6. The Hall–Kier alpha value is -2.12. The Morgan fingerprint density at radius 3 is 2.09 bits per heavy atom. The molecule has 3 aliphatic carbocycles. The van der Waals surface area contributed by atoms with Gasteiger partial charge in [0.25, 0.3) is 0 Å². The lowest BCUT2D eigenvalue weighted by Crippen LogP contribution is -2.33. The molecule has 6 rings (SSSR count). The Morgan fingerprint density at radius 1 is 0.909 bits per heavy atom. The number of aromatic nitrogens is 4. The first-order chi connectivity index (χ1) is 20.9. The lowest BCUT2D eigenvalue weighted by Gasteiger charge is -2.30. The van der Waals surface area contributed by atoms with Crippen LogP contribution in [-0.2, 0) is 15.1 Å². The molecule has 10 heteroatoms. The van der Waals surface area contributed by atoms with Gasteiger partial charge in [0.1, 0.15) is 24.9 Å². The van der Waals surface area contributed by atoms with Crippen LogP contribution in [0, 0.1) is 11.8 Å². The smallest absolute Gasteiger partial charge is 0.165 e. The van der Waals surface area contributed by atoms with Gasteiger partial charge in [0.15, 0.2) is 5.65 Å². The van der Waals surface area contributed by atoms with E-state index >= 15 is 0 Å². The Bertz CT molecular complexity index is 1390. The second-order valence-corrected chi connectivity index (χ2v) is 27.5. The van der Waals surface area contributed by atoms with Crippen LogP contribution < -0.4 is 4.90 Å². The van der Waals surface area contributed by atoms with E-state index in [1.165, 1.54) is 32.1 Å². The molecule has 0 aromatic carbocycles. The Morgan fingerprint density at radius 2 is 1.55 bits per heavy atom. The second kappa shape index (κ2) is 12.6. The molecule has 1 N–H and O–H groups in total. The highest BCUT2D eigenvalue weighted by Crippen LogP contribution is 2.48. The van der Waals surface area contributed by atoms with Crippen LogP contribution >= 0.6 is 0 Å². The minimum absolute atomic E-state index is 0.454. The van der Waals surface area contributed by atoms with Crippen LogP contribution in [0.4, 0.5) is 5.82 Å². The number of hydrogen-bond donors (Lipinski definition) is 1. The van der Waals surface area contributed by atoms with Gasteiger partial charge in [-0.2, -0.15) is 9.61 Å². The molecule has 3 saturated carbocycles. The number of ether oxygens (including phenoxy) is 2. The third kappa shape index (κ3) is 7.63. The van der Waals surface area contributed by atoms with Crippen molar-refractivity contribution >= 4 is 27.6 Å². The van der Waals surface area contributed by atoms with Crippen molar-refractivity contribution in [3.05, 3.63) is 42.0 Å². The molecule has 0 unspecified atom stereocenters. The molecule has 3 aromatic heterocycles. The van der Waals surface area contributed by atoms with E-state index < -0.39 is 21.7 Å². The molecule has 240 valence electrons. The van der Waals surface area contributed by atoms with Crippen LogP contribution in [0.25, 0.3) is 16.8 Å².